The molecule has 7 heteroatoms. The van der Waals surface area contributed by atoms with Gasteiger partial charge in [-0.1, -0.05) is 31.0 Å². The molecule has 0 aliphatic rings. The lowest BCUT2D eigenvalue weighted by molar-refractivity contribution is 0.0369. The predicted molar refractivity (Wildman–Crippen MR) is 111 cm³/mol. The summed E-state index contributed by atoms with van der Waals surface area (Å²) in [5.41, 5.74) is 2.59. The molecule has 2 heterocycles. The number of hydrogen-bond acceptors (Lipinski definition) is 5. The van der Waals surface area contributed by atoms with Gasteiger partial charge in [-0.2, -0.15) is 5.10 Å². The molecule has 0 aliphatic carbocycles. The molecule has 0 fully saturated rings. The van der Waals surface area contributed by atoms with Crippen LogP contribution in [0.3, 0.4) is 0 Å². The van der Waals surface area contributed by atoms with Crippen LogP contribution >= 0.6 is 11.6 Å². The second-order valence-electron chi connectivity index (χ2n) is 6.75. The van der Waals surface area contributed by atoms with Crippen molar-refractivity contribution in [2.24, 2.45) is 7.05 Å². The molecular weight excluding hydrogens is 390 g/mol. The number of benzene rings is 1. The second kappa shape index (κ2) is 9.56. The highest BCUT2D eigenvalue weighted by Gasteiger charge is 2.24. The van der Waals surface area contributed by atoms with Crippen molar-refractivity contribution in [3.63, 3.8) is 0 Å². The van der Waals surface area contributed by atoms with Crippen LogP contribution in [0.1, 0.15) is 53.2 Å². The normalized spacial score (nSPS) is 11.9. The van der Waals surface area contributed by atoms with Gasteiger partial charge in [-0.05, 0) is 43.7 Å². The van der Waals surface area contributed by atoms with Crippen molar-refractivity contribution in [1.29, 1.82) is 0 Å². The average molecular weight is 414 g/mol. The third kappa shape index (κ3) is 5.15. The molecule has 0 radical (unpaired) electrons. The van der Waals surface area contributed by atoms with Crippen LogP contribution in [0.15, 0.2) is 48.8 Å². The largest absolute Gasteiger partial charge is 0.494 e. The maximum absolute atomic E-state index is 12.9. The molecule has 1 atom stereocenters. The number of aromatic nitrogens is 3. The zero-order valence-electron chi connectivity index (χ0n) is 16.8. The summed E-state index contributed by atoms with van der Waals surface area (Å²) in [5, 5.41) is 4.75. The lowest BCUT2D eigenvalue weighted by atomic mass is 10.1. The van der Waals surface area contributed by atoms with Crippen molar-refractivity contribution in [2.45, 2.75) is 32.8 Å². The molecule has 3 rings (SSSR count). The predicted octanol–water partition coefficient (Wildman–Crippen LogP) is 4.90. The van der Waals surface area contributed by atoms with Gasteiger partial charge in [0.2, 0.25) is 0 Å². The van der Waals surface area contributed by atoms with Crippen LogP contribution in [-0.2, 0) is 11.8 Å². The van der Waals surface area contributed by atoms with E-state index in [1.54, 1.807) is 41.3 Å². The fourth-order valence-electron chi connectivity index (χ4n) is 2.80. The molecule has 152 valence electrons. The molecule has 0 N–H and O–H groups in total. The summed E-state index contributed by atoms with van der Waals surface area (Å²) in [5.74, 6) is 0.0939. The average Bonchev–Trinajstić information content (AvgIpc) is 3.05. The molecule has 0 saturated carbocycles. The van der Waals surface area contributed by atoms with E-state index in [0.29, 0.717) is 18.1 Å². The quantitative estimate of drug-likeness (QED) is 0.388. The van der Waals surface area contributed by atoms with Crippen molar-refractivity contribution in [3.8, 4) is 5.75 Å². The first-order valence-electron chi connectivity index (χ1n) is 9.53. The molecule has 2 aromatic heterocycles. The monoisotopic (exact) mass is 413 g/mol. The van der Waals surface area contributed by atoms with Gasteiger partial charge in [-0.3, -0.25) is 9.67 Å². The van der Waals surface area contributed by atoms with Crippen LogP contribution in [0.25, 0.3) is 0 Å². The molecule has 0 saturated heterocycles. The summed E-state index contributed by atoms with van der Waals surface area (Å²) in [6, 6.07) is 10.5. The van der Waals surface area contributed by atoms with Crippen molar-refractivity contribution in [2.75, 3.05) is 6.61 Å². The Morgan fingerprint density at radius 3 is 2.72 bits per heavy atom. The van der Waals surface area contributed by atoms with Gasteiger partial charge in [0.15, 0.2) is 6.10 Å². The molecule has 6 nitrogen and oxygen atoms in total. The van der Waals surface area contributed by atoms with Gasteiger partial charge >= 0.3 is 5.97 Å². The first-order chi connectivity index (χ1) is 14.0. The van der Waals surface area contributed by atoms with Crippen molar-refractivity contribution >= 4 is 17.6 Å². The minimum atomic E-state index is -0.687. The SMILES string of the molecule is CCCCOc1ccc(C(=O)OC(c2cccnc2)c2cc(C)n(C)n2)c(Cl)c1. The topological polar surface area (TPSA) is 66.2 Å². The van der Waals surface area contributed by atoms with Crippen molar-refractivity contribution in [3.05, 3.63) is 76.3 Å². The number of rotatable bonds is 8. The fraction of sp³-hybridized carbons (Fsp3) is 0.318. The molecular formula is C22H24ClN3O3. The van der Waals surface area contributed by atoms with E-state index in [9.17, 15) is 4.79 Å². The van der Waals surface area contributed by atoms with Gasteiger partial charge in [0.25, 0.3) is 0 Å². The first-order valence-corrected chi connectivity index (χ1v) is 9.91. The van der Waals surface area contributed by atoms with Gasteiger partial charge in [0.1, 0.15) is 11.4 Å². The van der Waals surface area contributed by atoms with Crippen LogP contribution in [-0.4, -0.2) is 27.3 Å². The van der Waals surface area contributed by atoms with Crippen molar-refractivity contribution < 1.29 is 14.3 Å². The smallest absolute Gasteiger partial charge is 0.340 e. The highest BCUT2D eigenvalue weighted by molar-refractivity contribution is 6.33. The number of esters is 1. The molecule has 0 aliphatic heterocycles. The van der Waals surface area contributed by atoms with E-state index in [4.69, 9.17) is 21.1 Å². The Hall–Kier alpha value is -2.86. The van der Waals surface area contributed by atoms with Crippen LogP contribution < -0.4 is 4.74 Å². The van der Waals surface area contributed by atoms with E-state index in [-0.39, 0.29) is 10.6 Å². The lowest BCUT2D eigenvalue weighted by Crippen LogP contribution is -2.14. The summed E-state index contributed by atoms with van der Waals surface area (Å²) in [4.78, 5) is 17.0. The van der Waals surface area contributed by atoms with Gasteiger partial charge in [-0.15, -0.1) is 0 Å². The van der Waals surface area contributed by atoms with E-state index >= 15 is 0 Å². The minimum Gasteiger partial charge on any atom is -0.494 e. The van der Waals surface area contributed by atoms with Gasteiger partial charge in [0.05, 0.1) is 17.2 Å². The number of ether oxygens (including phenoxy) is 2. The molecule has 0 spiro atoms. The summed E-state index contributed by atoms with van der Waals surface area (Å²) in [6.07, 6.45) is 4.64. The number of carbonyl (C=O) groups is 1. The Balaban J connectivity index is 1.83. The van der Waals surface area contributed by atoms with Crippen LogP contribution in [0, 0.1) is 6.92 Å². The van der Waals surface area contributed by atoms with Gasteiger partial charge in [0, 0.05) is 30.7 Å². The number of nitrogens with zero attached hydrogens (tertiary/aromatic N) is 3. The third-order valence-electron chi connectivity index (χ3n) is 4.54. The van der Waals surface area contributed by atoms with E-state index in [0.717, 1.165) is 24.1 Å². The Kier molecular flexibility index (Phi) is 6.88. The number of aryl methyl sites for hydroxylation is 2. The zero-order valence-corrected chi connectivity index (χ0v) is 17.5. The lowest BCUT2D eigenvalue weighted by Gasteiger charge is -2.17. The van der Waals surface area contributed by atoms with Gasteiger partial charge in [-0.25, -0.2) is 4.79 Å². The number of carbonyl (C=O) groups excluding carboxylic acids is 1. The summed E-state index contributed by atoms with van der Waals surface area (Å²) >= 11 is 6.33. The summed E-state index contributed by atoms with van der Waals surface area (Å²) in [6.45, 7) is 4.64. The van der Waals surface area contributed by atoms with E-state index in [2.05, 4.69) is 17.0 Å². The van der Waals surface area contributed by atoms with Crippen molar-refractivity contribution in [1.82, 2.24) is 14.8 Å². The summed E-state index contributed by atoms with van der Waals surface area (Å²) < 4.78 is 13.2. The highest BCUT2D eigenvalue weighted by Crippen LogP contribution is 2.29. The Bertz CT molecular complexity index is 953. The number of pyridine rings is 1. The Labute approximate surface area is 175 Å². The summed E-state index contributed by atoms with van der Waals surface area (Å²) in [7, 11) is 1.84. The molecule has 3 aromatic rings. The van der Waals surface area contributed by atoms with E-state index < -0.39 is 12.1 Å². The second-order valence-corrected chi connectivity index (χ2v) is 7.16. The third-order valence-corrected chi connectivity index (χ3v) is 4.85. The fourth-order valence-corrected chi connectivity index (χ4v) is 3.05. The molecule has 0 amide bonds. The zero-order chi connectivity index (χ0) is 20.8. The van der Waals surface area contributed by atoms with E-state index in [1.165, 1.54) is 0 Å². The number of halogens is 1. The number of unbranched alkanes of at least 4 members (excludes halogenated alkanes) is 1. The molecule has 1 unspecified atom stereocenters. The first kappa shape index (κ1) is 20.9. The number of hydrogen-bond donors (Lipinski definition) is 0. The minimum absolute atomic E-state index is 0.274. The van der Waals surface area contributed by atoms with E-state index in [1.807, 2.05) is 26.1 Å². The standard InChI is InChI=1S/C22H24ClN3O3/c1-4-5-11-28-17-8-9-18(19(23)13-17)22(27)29-21(16-7-6-10-24-14-16)20-12-15(2)26(3)25-20/h6-10,12-14,21H,4-5,11H2,1-3H3. The van der Waals surface area contributed by atoms with Gasteiger partial charge < -0.3 is 9.47 Å². The van der Waals surface area contributed by atoms with Crippen LogP contribution in [0.4, 0.5) is 0 Å². The van der Waals surface area contributed by atoms with Crippen LogP contribution in [0.5, 0.6) is 5.75 Å². The maximum atomic E-state index is 12.9. The maximum Gasteiger partial charge on any atom is 0.340 e. The Morgan fingerprint density at radius 1 is 1.28 bits per heavy atom. The van der Waals surface area contributed by atoms with Crippen LogP contribution in [0.2, 0.25) is 5.02 Å². The molecule has 0 bridgehead atoms. The molecule has 29 heavy (non-hydrogen) atoms. The highest BCUT2D eigenvalue weighted by atomic mass is 35.5. The molecule has 1 aromatic carbocycles. The Morgan fingerprint density at radius 2 is 2.10 bits per heavy atom.